The molecule has 0 amide bonds. The molecule has 1 saturated carbocycles. The molecule has 0 aromatic rings. The summed E-state index contributed by atoms with van der Waals surface area (Å²) in [5, 5.41) is 13.1. The number of hydrogen-bond donors (Lipinski definition) is 2. The molecule has 0 aromatic heterocycles. The Kier molecular flexibility index (Phi) is 6.09. The lowest BCUT2D eigenvalue weighted by atomic mass is 9.69. The van der Waals surface area contributed by atoms with Crippen LogP contribution in [-0.2, 0) is 0 Å². The molecule has 3 nitrogen and oxygen atoms in total. The fraction of sp³-hybridized carbons (Fsp3) is 1.00. The lowest BCUT2D eigenvalue weighted by Gasteiger charge is -2.42. The van der Waals surface area contributed by atoms with Crippen LogP contribution >= 0.6 is 0 Å². The minimum Gasteiger partial charge on any atom is -0.392 e. The zero-order valence-corrected chi connectivity index (χ0v) is 12.9. The van der Waals surface area contributed by atoms with Crippen molar-refractivity contribution in [3.63, 3.8) is 0 Å². The first-order chi connectivity index (χ1) is 8.34. The van der Waals surface area contributed by atoms with Crippen molar-refractivity contribution in [1.29, 1.82) is 0 Å². The molecule has 0 aromatic carbocycles. The number of nitrogens with one attached hydrogen (secondary N) is 1. The Labute approximate surface area is 113 Å². The topological polar surface area (TPSA) is 35.5 Å². The third-order valence-electron chi connectivity index (χ3n) is 4.10. The van der Waals surface area contributed by atoms with Crippen LogP contribution in [0.2, 0.25) is 0 Å². The predicted octanol–water partition coefficient (Wildman–Crippen LogP) is 2.10. The number of aliphatic hydroxyl groups is 1. The SMILES string of the molecule is CCNC1CCC(C)(C)CC1CN(C)CC(C)O. The van der Waals surface area contributed by atoms with Crippen LogP contribution in [-0.4, -0.2) is 48.8 Å². The normalized spacial score (nSPS) is 29.5. The fourth-order valence-electron chi connectivity index (χ4n) is 3.38. The minimum absolute atomic E-state index is 0.232. The number of hydrogen-bond acceptors (Lipinski definition) is 3. The number of aliphatic hydroxyl groups excluding tert-OH is 1. The van der Waals surface area contributed by atoms with Crippen LogP contribution in [0.25, 0.3) is 0 Å². The van der Waals surface area contributed by atoms with Crippen molar-refractivity contribution in [3.05, 3.63) is 0 Å². The lowest BCUT2D eigenvalue weighted by molar-refractivity contribution is 0.0856. The highest BCUT2D eigenvalue weighted by atomic mass is 16.3. The van der Waals surface area contributed by atoms with Gasteiger partial charge in [-0.15, -0.1) is 0 Å². The van der Waals surface area contributed by atoms with E-state index < -0.39 is 0 Å². The standard InChI is InChI=1S/C15H32N2O/c1-6-16-14-7-8-15(3,4)9-13(14)11-17(5)10-12(2)18/h12-14,16,18H,6-11H2,1-5H3. The second-order valence-corrected chi connectivity index (χ2v) is 6.90. The van der Waals surface area contributed by atoms with Crippen LogP contribution in [0.4, 0.5) is 0 Å². The summed E-state index contributed by atoms with van der Waals surface area (Å²) in [4.78, 5) is 2.28. The van der Waals surface area contributed by atoms with Gasteiger partial charge < -0.3 is 15.3 Å². The van der Waals surface area contributed by atoms with E-state index in [0.29, 0.717) is 17.4 Å². The second-order valence-electron chi connectivity index (χ2n) is 6.90. The average Bonchev–Trinajstić information content (AvgIpc) is 2.20. The molecule has 1 aliphatic rings. The number of nitrogens with zero attached hydrogens (tertiary/aromatic N) is 1. The van der Waals surface area contributed by atoms with E-state index in [1.165, 1.54) is 19.3 Å². The number of rotatable bonds is 6. The van der Waals surface area contributed by atoms with E-state index in [1.54, 1.807) is 0 Å². The van der Waals surface area contributed by atoms with Crippen molar-refractivity contribution >= 4 is 0 Å². The molecule has 3 unspecified atom stereocenters. The van der Waals surface area contributed by atoms with E-state index in [9.17, 15) is 5.11 Å². The third-order valence-corrected chi connectivity index (χ3v) is 4.10. The molecule has 3 atom stereocenters. The van der Waals surface area contributed by atoms with Gasteiger partial charge in [-0.2, -0.15) is 0 Å². The largest absolute Gasteiger partial charge is 0.392 e. The smallest absolute Gasteiger partial charge is 0.0638 e. The predicted molar refractivity (Wildman–Crippen MR) is 77.8 cm³/mol. The molecule has 3 heteroatoms. The zero-order valence-electron chi connectivity index (χ0n) is 12.9. The van der Waals surface area contributed by atoms with Gasteiger partial charge in [-0.05, 0) is 51.1 Å². The molecule has 1 rings (SSSR count). The molecule has 0 heterocycles. The van der Waals surface area contributed by atoms with Gasteiger partial charge in [0.05, 0.1) is 6.10 Å². The van der Waals surface area contributed by atoms with E-state index in [-0.39, 0.29) is 6.10 Å². The van der Waals surface area contributed by atoms with Gasteiger partial charge in [0.1, 0.15) is 0 Å². The highest BCUT2D eigenvalue weighted by Crippen LogP contribution is 2.38. The molecule has 1 fully saturated rings. The molecule has 18 heavy (non-hydrogen) atoms. The summed E-state index contributed by atoms with van der Waals surface area (Å²) in [6, 6.07) is 0.652. The Morgan fingerprint density at radius 1 is 1.44 bits per heavy atom. The highest BCUT2D eigenvalue weighted by molar-refractivity contribution is 4.89. The van der Waals surface area contributed by atoms with Gasteiger partial charge in [0.2, 0.25) is 0 Å². The van der Waals surface area contributed by atoms with E-state index >= 15 is 0 Å². The van der Waals surface area contributed by atoms with Crippen LogP contribution in [0.5, 0.6) is 0 Å². The van der Waals surface area contributed by atoms with Gasteiger partial charge in [0.25, 0.3) is 0 Å². The molecule has 1 aliphatic carbocycles. The van der Waals surface area contributed by atoms with Gasteiger partial charge >= 0.3 is 0 Å². The molecule has 108 valence electrons. The number of likely N-dealkylation sites (N-methyl/N-ethyl adjacent to an activating group) is 1. The summed E-state index contributed by atoms with van der Waals surface area (Å²) in [7, 11) is 2.12. The Bertz CT molecular complexity index is 241. The molecule has 0 bridgehead atoms. The summed E-state index contributed by atoms with van der Waals surface area (Å²) in [6.07, 6.45) is 3.66. The van der Waals surface area contributed by atoms with Crippen molar-refractivity contribution in [3.8, 4) is 0 Å². The molecular formula is C15H32N2O. The quantitative estimate of drug-likeness (QED) is 0.764. The minimum atomic E-state index is -0.232. The molecular weight excluding hydrogens is 224 g/mol. The maximum absolute atomic E-state index is 9.47. The molecule has 2 N–H and O–H groups in total. The van der Waals surface area contributed by atoms with Crippen LogP contribution < -0.4 is 5.32 Å². The highest BCUT2D eigenvalue weighted by Gasteiger charge is 2.34. The average molecular weight is 256 g/mol. The van der Waals surface area contributed by atoms with E-state index in [0.717, 1.165) is 19.6 Å². The molecule has 0 aliphatic heterocycles. The second kappa shape index (κ2) is 6.88. The maximum atomic E-state index is 9.47. The Morgan fingerprint density at radius 2 is 2.11 bits per heavy atom. The van der Waals surface area contributed by atoms with Gasteiger partial charge in [-0.25, -0.2) is 0 Å². The molecule has 0 spiro atoms. The monoisotopic (exact) mass is 256 g/mol. The zero-order chi connectivity index (χ0) is 13.8. The van der Waals surface area contributed by atoms with E-state index in [2.05, 4.69) is 38.0 Å². The Hall–Kier alpha value is -0.120. The van der Waals surface area contributed by atoms with Crippen LogP contribution in [0.3, 0.4) is 0 Å². The van der Waals surface area contributed by atoms with Crippen molar-refractivity contribution in [1.82, 2.24) is 10.2 Å². The van der Waals surface area contributed by atoms with E-state index in [1.807, 2.05) is 6.92 Å². The van der Waals surface area contributed by atoms with Crippen LogP contribution in [0.15, 0.2) is 0 Å². The summed E-state index contributed by atoms with van der Waals surface area (Å²) in [6.45, 7) is 11.7. The third kappa shape index (κ3) is 5.25. The van der Waals surface area contributed by atoms with Gasteiger partial charge in [0.15, 0.2) is 0 Å². The molecule has 0 saturated heterocycles. The summed E-state index contributed by atoms with van der Waals surface area (Å²) in [5.41, 5.74) is 0.474. The van der Waals surface area contributed by atoms with Crippen molar-refractivity contribution in [2.75, 3.05) is 26.7 Å². The van der Waals surface area contributed by atoms with Crippen LogP contribution in [0, 0.1) is 11.3 Å². The Morgan fingerprint density at radius 3 is 2.67 bits per heavy atom. The van der Waals surface area contributed by atoms with Crippen molar-refractivity contribution in [2.45, 2.75) is 59.1 Å². The van der Waals surface area contributed by atoms with Gasteiger partial charge in [0, 0.05) is 19.1 Å². The summed E-state index contributed by atoms with van der Waals surface area (Å²) in [5.74, 6) is 0.706. The first-order valence-corrected chi connectivity index (χ1v) is 7.44. The van der Waals surface area contributed by atoms with Gasteiger partial charge in [-0.3, -0.25) is 0 Å². The summed E-state index contributed by atoms with van der Waals surface area (Å²) < 4.78 is 0. The van der Waals surface area contributed by atoms with Crippen LogP contribution in [0.1, 0.15) is 47.0 Å². The summed E-state index contributed by atoms with van der Waals surface area (Å²) >= 11 is 0. The maximum Gasteiger partial charge on any atom is 0.0638 e. The van der Waals surface area contributed by atoms with Crippen molar-refractivity contribution in [2.24, 2.45) is 11.3 Å². The van der Waals surface area contributed by atoms with Crippen molar-refractivity contribution < 1.29 is 5.11 Å². The Balaban J connectivity index is 2.55. The molecule has 0 radical (unpaired) electrons. The first kappa shape index (κ1) is 15.9. The lowest BCUT2D eigenvalue weighted by Crippen LogP contribution is -2.47. The van der Waals surface area contributed by atoms with Gasteiger partial charge in [-0.1, -0.05) is 20.8 Å². The first-order valence-electron chi connectivity index (χ1n) is 7.44. The fourth-order valence-corrected chi connectivity index (χ4v) is 3.38. The van der Waals surface area contributed by atoms with E-state index in [4.69, 9.17) is 0 Å².